The molecular weight excluding hydrogens is 262 g/mol. The molecule has 17 heavy (non-hydrogen) atoms. The molecule has 1 fully saturated rings. The Labute approximate surface area is 108 Å². The lowest BCUT2D eigenvalue weighted by Crippen LogP contribution is -2.33. The van der Waals surface area contributed by atoms with Crippen molar-refractivity contribution < 1.29 is 13.5 Å². The molecule has 1 aromatic carbocycles. The average Bonchev–Trinajstić information content (AvgIpc) is 2.53. The van der Waals surface area contributed by atoms with Gasteiger partial charge < -0.3 is 4.74 Å². The Hall–Kier alpha value is -0.260. The maximum Gasteiger partial charge on any atom is 0.130 e. The van der Waals surface area contributed by atoms with Crippen LogP contribution < -0.4 is 0 Å². The predicted molar refractivity (Wildman–Crippen MR) is 69.2 cm³/mol. The molecule has 0 amide bonds. The standard InChI is InChI=1S/C12H14F2OS2/c1-12(2)11(15-3)10(16-17-12)8-5-4-7(13)6-9(8)14/h4-6,10-11H,1-3H3. The first kappa shape index (κ1) is 13.2. The van der Waals surface area contributed by atoms with Crippen molar-refractivity contribution in [1.82, 2.24) is 0 Å². The third kappa shape index (κ3) is 2.46. The van der Waals surface area contributed by atoms with Crippen LogP contribution in [-0.2, 0) is 4.74 Å². The van der Waals surface area contributed by atoms with Crippen LogP contribution in [0.3, 0.4) is 0 Å². The van der Waals surface area contributed by atoms with Gasteiger partial charge in [-0.2, -0.15) is 0 Å². The van der Waals surface area contributed by atoms with E-state index in [0.29, 0.717) is 5.56 Å². The van der Waals surface area contributed by atoms with Gasteiger partial charge in [-0.05, 0) is 19.9 Å². The zero-order valence-corrected chi connectivity index (χ0v) is 11.5. The van der Waals surface area contributed by atoms with Crippen molar-refractivity contribution in [2.75, 3.05) is 7.11 Å². The van der Waals surface area contributed by atoms with Crippen LogP contribution in [-0.4, -0.2) is 18.0 Å². The van der Waals surface area contributed by atoms with Gasteiger partial charge in [0.15, 0.2) is 0 Å². The fourth-order valence-electron chi connectivity index (χ4n) is 1.99. The summed E-state index contributed by atoms with van der Waals surface area (Å²) in [6.45, 7) is 4.14. The minimum absolute atomic E-state index is 0.0785. The van der Waals surface area contributed by atoms with Crippen molar-refractivity contribution in [3.63, 3.8) is 0 Å². The number of rotatable bonds is 2. The van der Waals surface area contributed by atoms with Gasteiger partial charge >= 0.3 is 0 Å². The zero-order chi connectivity index (χ0) is 12.6. The Morgan fingerprint density at radius 1 is 1.29 bits per heavy atom. The van der Waals surface area contributed by atoms with Gasteiger partial charge in [0.05, 0.1) is 11.4 Å². The van der Waals surface area contributed by atoms with Crippen molar-refractivity contribution in [3.05, 3.63) is 35.4 Å². The molecule has 2 atom stereocenters. The number of methoxy groups -OCH3 is 1. The van der Waals surface area contributed by atoms with Gasteiger partial charge in [-0.3, -0.25) is 0 Å². The summed E-state index contributed by atoms with van der Waals surface area (Å²) < 4.78 is 32.0. The highest BCUT2D eigenvalue weighted by Crippen LogP contribution is 2.59. The molecule has 1 saturated heterocycles. The van der Waals surface area contributed by atoms with Crippen LogP contribution in [0, 0.1) is 11.6 Å². The molecule has 0 radical (unpaired) electrons. The lowest BCUT2D eigenvalue weighted by Gasteiger charge is -2.27. The van der Waals surface area contributed by atoms with E-state index in [4.69, 9.17) is 4.74 Å². The summed E-state index contributed by atoms with van der Waals surface area (Å²) >= 11 is 0. The van der Waals surface area contributed by atoms with Gasteiger partial charge in [-0.1, -0.05) is 27.7 Å². The fraction of sp³-hybridized carbons (Fsp3) is 0.500. The molecule has 0 saturated carbocycles. The van der Waals surface area contributed by atoms with E-state index >= 15 is 0 Å². The molecule has 1 nitrogen and oxygen atoms in total. The summed E-state index contributed by atoms with van der Waals surface area (Å²) in [5.74, 6) is -1.04. The van der Waals surface area contributed by atoms with E-state index in [-0.39, 0.29) is 16.1 Å². The third-order valence-corrected chi connectivity index (χ3v) is 6.52. The van der Waals surface area contributed by atoms with E-state index in [1.54, 1.807) is 28.7 Å². The van der Waals surface area contributed by atoms with Gasteiger partial charge in [-0.15, -0.1) is 0 Å². The molecule has 94 valence electrons. The van der Waals surface area contributed by atoms with Crippen LogP contribution in [0.25, 0.3) is 0 Å². The summed E-state index contributed by atoms with van der Waals surface area (Å²) in [5.41, 5.74) is 0.515. The first-order chi connectivity index (χ1) is 7.95. The Morgan fingerprint density at radius 3 is 2.59 bits per heavy atom. The quantitative estimate of drug-likeness (QED) is 0.749. The minimum Gasteiger partial charge on any atom is -0.378 e. The first-order valence-electron chi connectivity index (χ1n) is 5.28. The van der Waals surface area contributed by atoms with Crippen molar-refractivity contribution in [2.24, 2.45) is 0 Å². The second-order valence-electron chi connectivity index (χ2n) is 4.53. The largest absolute Gasteiger partial charge is 0.378 e. The number of halogens is 2. The van der Waals surface area contributed by atoms with Crippen molar-refractivity contribution in [3.8, 4) is 0 Å². The van der Waals surface area contributed by atoms with Gasteiger partial charge in [0, 0.05) is 23.5 Å². The highest BCUT2D eigenvalue weighted by molar-refractivity contribution is 8.77. The van der Waals surface area contributed by atoms with Crippen molar-refractivity contribution in [1.29, 1.82) is 0 Å². The number of hydrogen-bond donors (Lipinski definition) is 0. The maximum absolute atomic E-state index is 13.7. The van der Waals surface area contributed by atoms with Crippen LogP contribution >= 0.6 is 21.6 Å². The summed E-state index contributed by atoms with van der Waals surface area (Å²) in [6, 6.07) is 3.73. The van der Waals surface area contributed by atoms with Crippen LogP contribution in [0.15, 0.2) is 18.2 Å². The van der Waals surface area contributed by atoms with Crippen LogP contribution in [0.1, 0.15) is 24.7 Å². The smallest absolute Gasteiger partial charge is 0.130 e. The molecule has 2 unspecified atom stereocenters. The topological polar surface area (TPSA) is 9.23 Å². The molecule has 1 aliphatic heterocycles. The summed E-state index contributed by atoms with van der Waals surface area (Å²) in [5, 5.41) is -0.0967. The molecule has 2 rings (SSSR count). The number of ether oxygens (including phenoxy) is 1. The van der Waals surface area contributed by atoms with Crippen molar-refractivity contribution >= 4 is 21.6 Å². The van der Waals surface area contributed by atoms with E-state index in [1.807, 2.05) is 0 Å². The number of benzene rings is 1. The van der Waals surface area contributed by atoms with Gasteiger partial charge in [0.2, 0.25) is 0 Å². The molecule has 0 aliphatic carbocycles. The molecule has 0 spiro atoms. The minimum atomic E-state index is -0.546. The highest BCUT2D eigenvalue weighted by atomic mass is 33.1. The van der Waals surface area contributed by atoms with E-state index in [0.717, 1.165) is 6.07 Å². The van der Waals surface area contributed by atoms with Gasteiger partial charge in [-0.25, -0.2) is 8.78 Å². The van der Waals surface area contributed by atoms with Crippen molar-refractivity contribution in [2.45, 2.75) is 29.9 Å². The molecule has 1 heterocycles. The SMILES string of the molecule is COC1C(c2ccc(F)cc2F)SSC1(C)C. The molecule has 1 aromatic rings. The Kier molecular flexibility index (Phi) is 3.71. The zero-order valence-electron chi connectivity index (χ0n) is 9.87. The Morgan fingerprint density at radius 2 is 2.00 bits per heavy atom. The normalized spacial score (nSPS) is 27.4. The Bertz CT molecular complexity index is 423. The Balaban J connectivity index is 2.34. The van der Waals surface area contributed by atoms with Gasteiger partial charge in [0.1, 0.15) is 11.6 Å². The van der Waals surface area contributed by atoms with E-state index < -0.39 is 11.6 Å². The summed E-state index contributed by atoms with van der Waals surface area (Å²) in [6.07, 6.45) is -0.0857. The van der Waals surface area contributed by atoms with Crippen LogP contribution in [0.5, 0.6) is 0 Å². The van der Waals surface area contributed by atoms with E-state index in [9.17, 15) is 8.78 Å². The maximum atomic E-state index is 13.7. The fourth-order valence-corrected chi connectivity index (χ4v) is 5.56. The summed E-state index contributed by atoms with van der Waals surface area (Å²) in [7, 11) is 4.90. The van der Waals surface area contributed by atoms with E-state index in [1.165, 1.54) is 12.1 Å². The average molecular weight is 276 g/mol. The second kappa shape index (κ2) is 4.78. The lowest BCUT2D eigenvalue weighted by molar-refractivity contribution is 0.0784. The molecule has 5 heteroatoms. The molecule has 0 aromatic heterocycles. The monoisotopic (exact) mass is 276 g/mol. The number of hydrogen-bond acceptors (Lipinski definition) is 3. The van der Waals surface area contributed by atoms with E-state index in [2.05, 4.69) is 13.8 Å². The third-order valence-electron chi connectivity index (χ3n) is 2.85. The molecule has 1 aliphatic rings. The second-order valence-corrected chi connectivity index (χ2v) is 7.52. The molecule has 0 N–H and O–H groups in total. The van der Waals surface area contributed by atoms with Crippen LogP contribution in [0.4, 0.5) is 8.78 Å². The predicted octanol–water partition coefficient (Wildman–Crippen LogP) is 4.19. The lowest BCUT2D eigenvalue weighted by atomic mass is 9.97. The van der Waals surface area contributed by atoms with Gasteiger partial charge in [0.25, 0.3) is 0 Å². The van der Waals surface area contributed by atoms with Crippen LogP contribution in [0.2, 0.25) is 0 Å². The summed E-state index contributed by atoms with van der Waals surface area (Å²) in [4.78, 5) is 0. The first-order valence-corrected chi connectivity index (χ1v) is 7.49. The highest BCUT2D eigenvalue weighted by Gasteiger charge is 2.45. The molecule has 0 bridgehead atoms. The molecular formula is C12H14F2OS2.